The van der Waals surface area contributed by atoms with Crippen molar-refractivity contribution in [3.05, 3.63) is 71.6 Å². The SMILES string of the molecule is CO[C@@H](C)c1ncccc1-c1c2c3cc(ccc3n1CC(F)(F)F)C1=CCCN(C1)C[C@H](NC(=O)[C@H](C(C)C)N1CCC(N(C(=O)n3cnc(CCl)n3)C(C)C)CC1=O)C(=O)N1CCC[C@H](N1)C(=O)OCC(C)(C)C2. The molecule has 1 aromatic carbocycles. The molecule has 4 aliphatic heterocycles. The zero-order chi connectivity index (χ0) is 54.1. The standard InChI is InChI=1S/C53H69ClF3N11O7/c1-31(2)46(64-21-17-36(23-44(64)69)68(32(3)4)51(73)67-30-59-43(25-54)62-67)48(70)60-41-27-63-19-10-12-35(26-63)34-15-16-42-38(22-34)39(24-52(6,7)29-75-50(72)40-14-11-20-66(61-40)49(41)71)47(65(42)28-53(55,56)57)37-13-9-18-58-45(37)33(5)74-8/h9,12-13,15-16,18,22,30-33,36,40-41,46,61H,10-11,14,17,19-21,23-29H2,1-8H3,(H,60,70)/t33-,36?,40-,41-,46-/m0/s1. The van der Waals surface area contributed by atoms with Gasteiger partial charge in [0, 0.05) is 86.4 Å². The number of hydrogen-bond donors (Lipinski definition) is 2. The van der Waals surface area contributed by atoms with E-state index in [1.54, 1.807) is 36.2 Å². The van der Waals surface area contributed by atoms with Gasteiger partial charge in [-0.05, 0) is 99.8 Å². The Kier molecular flexibility index (Phi) is 16.8. The van der Waals surface area contributed by atoms with Crippen molar-refractivity contribution in [3.63, 3.8) is 0 Å². The van der Waals surface area contributed by atoms with Gasteiger partial charge in [-0.1, -0.05) is 39.8 Å². The number of aromatic nitrogens is 5. The third-order valence-corrected chi connectivity index (χ3v) is 14.9. The maximum Gasteiger partial charge on any atom is 0.406 e. The van der Waals surface area contributed by atoms with Gasteiger partial charge in [0.25, 0.3) is 5.91 Å². The number of carbonyl (C=O) groups excluding carboxylic acids is 5. The number of methoxy groups -OCH3 is 1. The number of carbonyl (C=O) groups is 5. The van der Waals surface area contributed by atoms with Crippen molar-refractivity contribution >= 4 is 57.8 Å². The summed E-state index contributed by atoms with van der Waals surface area (Å²) in [4.78, 5) is 85.5. The lowest BCUT2D eigenvalue weighted by Crippen LogP contribution is -2.64. The first-order chi connectivity index (χ1) is 35.6. The molecule has 75 heavy (non-hydrogen) atoms. The van der Waals surface area contributed by atoms with E-state index in [4.69, 9.17) is 21.1 Å². The number of benzene rings is 1. The highest BCUT2D eigenvalue weighted by molar-refractivity contribution is 6.16. The number of pyridine rings is 1. The molecule has 22 heteroatoms. The van der Waals surface area contributed by atoms with Crippen LogP contribution in [0.25, 0.3) is 27.7 Å². The Hall–Kier alpha value is -5.90. The Morgan fingerprint density at radius 1 is 1.05 bits per heavy atom. The van der Waals surface area contributed by atoms with Gasteiger partial charge in [0.1, 0.15) is 31.0 Å². The van der Waals surface area contributed by atoms with E-state index in [2.05, 4.69) is 36.8 Å². The molecule has 7 heterocycles. The summed E-state index contributed by atoms with van der Waals surface area (Å²) in [5.41, 5.74) is 6.30. The van der Waals surface area contributed by atoms with E-state index in [0.717, 1.165) is 15.8 Å². The molecule has 18 nitrogen and oxygen atoms in total. The Balaban J connectivity index is 1.13. The number of piperidine rings is 1. The van der Waals surface area contributed by atoms with Crippen molar-refractivity contribution in [2.45, 2.75) is 142 Å². The highest BCUT2D eigenvalue weighted by Gasteiger charge is 2.43. The number of nitrogens with zero attached hydrogens (tertiary/aromatic N) is 9. The number of hydrogen-bond acceptors (Lipinski definition) is 12. The van der Waals surface area contributed by atoms with Crippen LogP contribution < -0.4 is 10.7 Å². The lowest BCUT2D eigenvalue weighted by molar-refractivity contribution is -0.156. The molecule has 0 saturated carbocycles. The first-order valence-corrected chi connectivity index (χ1v) is 26.4. The summed E-state index contributed by atoms with van der Waals surface area (Å²) >= 11 is 5.90. The highest BCUT2D eigenvalue weighted by Crippen LogP contribution is 2.43. The minimum Gasteiger partial charge on any atom is -0.464 e. The summed E-state index contributed by atoms with van der Waals surface area (Å²) in [7, 11) is 1.52. The third-order valence-electron chi connectivity index (χ3n) is 14.7. The molecule has 6 atom stereocenters. The predicted octanol–water partition coefficient (Wildman–Crippen LogP) is 6.89. The van der Waals surface area contributed by atoms with Crippen LogP contribution in [0.1, 0.15) is 109 Å². The summed E-state index contributed by atoms with van der Waals surface area (Å²) < 4.78 is 58.4. The molecule has 406 valence electrons. The number of esters is 1. The van der Waals surface area contributed by atoms with Crippen LogP contribution in [0.2, 0.25) is 0 Å². The number of hydrazine groups is 1. The van der Waals surface area contributed by atoms with Crippen molar-refractivity contribution in [3.8, 4) is 11.3 Å². The molecule has 2 unspecified atom stereocenters. The average molecular weight is 1060 g/mol. The summed E-state index contributed by atoms with van der Waals surface area (Å²) in [6.45, 7) is 12.9. The maximum atomic E-state index is 14.9. The van der Waals surface area contributed by atoms with Crippen molar-refractivity contribution in [1.29, 1.82) is 0 Å². The Morgan fingerprint density at radius 2 is 1.83 bits per heavy atom. The van der Waals surface area contributed by atoms with E-state index in [1.165, 1.54) is 27.9 Å². The second kappa shape index (κ2) is 22.7. The zero-order valence-corrected chi connectivity index (χ0v) is 44.7. The minimum absolute atomic E-state index is 0.0281. The fourth-order valence-electron chi connectivity index (χ4n) is 11.1. The van der Waals surface area contributed by atoms with E-state index >= 15 is 0 Å². The molecule has 0 radical (unpaired) electrons. The van der Waals surface area contributed by atoms with Gasteiger partial charge in [-0.2, -0.15) is 17.9 Å². The molecular weight excluding hydrogens is 995 g/mol. The quantitative estimate of drug-likeness (QED) is 0.117. The Labute approximate surface area is 440 Å². The Morgan fingerprint density at radius 3 is 2.51 bits per heavy atom. The topological polar surface area (TPSA) is 189 Å². The summed E-state index contributed by atoms with van der Waals surface area (Å²) in [5.74, 6) is -1.98. The summed E-state index contributed by atoms with van der Waals surface area (Å²) in [6, 6.07) is 4.67. The van der Waals surface area contributed by atoms with Crippen LogP contribution in [0.3, 0.4) is 0 Å². The number of cyclic esters (lactones) is 1. The Bertz CT molecular complexity index is 2810. The lowest BCUT2D eigenvalue weighted by Gasteiger charge is -2.43. The van der Waals surface area contributed by atoms with Crippen molar-refractivity contribution in [1.82, 2.24) is 54.8 Å². The average Bonchev–Trinajstić information content (AvgIpc) is 3.99. The highest BCUT2D eigenvalue weighted by atomic mass is 35.5. The normalized spacial score (nSPS) is 22.7. The van der Waals surface area contributed by atoms with Crippen LogP contribution in [0.4, 0.5) is 18.0 Å². The fraction of sp³-hybridized carbons (Fsp3) is 0.585. The number of nitrogens with one attached hydrogen (secondary N) is 2. The number of halogens is 4. The van der Waals surface area contributed by atoms with Gasteiger partial charge in [0.05, 0.1) is 30.0 Å². The number of ether oxygens (including phenoxy) is 2. The molecule has 2 saturated heterocycles. The van der Waals surface area contributed by atoms with E-state index < -0.39 is 72.2 Å². The van der Waals surface area contributed by atoms with Crippen LogP contribution in [0, 0.1) is 11.3 Å². The van der Waals surface area contributed by atoms with Crippen molar-refractivity contribution in [2.75, 3.05) is 46.4 Å². The molecule has 4 aliphatic rings. The van der Waals surface area contributed by atoms with Crippen molar-refractivity contribution < 1.29 is 46.6 Å². The zero-order valence-electron chi connectivity index (χ0n) is 44.0. The first-order valence-electron chi connectivity index (χ1n) is 25.8. The van der Waals surface area contributed by atoms with E-state index in [0.29, 0.717) is 72.2 Å². The van der Waals surface area contributed by atoms with Gasteiger partial charge in [-0.25, -0.2) is 15.2 Å². The number of likely N-dealkylation sites (tertiary alicyclic amines) is 1. The first kappa shape index (κ1) is 55.3. The predicted molar refractivity (Wildman–Crippen MR) is 275 cm³/mol. The van der Waals surface area contributed by atoms with Crippen molar-refractivity contribution in [2.24, 2.45) is 11.3 Å². The molecule has 3 aromatic heterocycles. The van der Waals surface area contributed by atoms with Gasteiger partial charge < -0.3 is 29.2 Å². The van der Waals surface area contributed by atoms with Crippen LogP contribution >= 0.6 is 11.6 Å². The number of amides is 4. The monoisotopic (exact) mass is 1060 g/mol. The van der Waals surface area contributed by atoms with Gasteiger partial charge in [0.2, 0.25) is 11.8 Å². The van der Waals surface area contributed by atoms with Gasteiger partial charge in [-0.3, -0.25) is 34.1 Å². The smallest absolute Gasteiger partial charge is 0.406 e. The minimum atomic E-state index is -4.59. The number of alkyl halides is 4. The molecule has 8 rings (SSSR count). The number of rotatable bonds is 11. The molecular formula is C53H69ClF3N11O7. The molecule has 6 bridgehead atoms. The molecule has 4 amide bonds. The second-order valence-corrected chi connectivity index (χ2v) is 21.9. The third kappa shape index (κ3) is 12.2. The van der Waals surface area contributed by atoms with Gasteiger partial charge in [0.15, 0.2) is 5.82 Å². The largest absolute Gasteiger partial charge is 0.464 e. The molecule has 0 aliphatic carbocycles. The maximum absolute atomic E-state index is 14.9. The fourth-order valence-corrected chi connectivity index (χ4v) is 11.2. The number of fused-ring (bicyclic) bond motifs is 6. The van der Waals surface area contributed by atoms with E-state index in [1.807, 2.05) is 53.7 Å². The van der Waals surface area contributed by atoms with E-state index in [-0.39, 0.29) is 68.7 Å². The summed E-state index contributed by atoms with van der Waals surface area (Å²) in [5, 5.41) is 9.21. The van der Waals surface area contributed by atoms with Gasteiger partial charge >= 0.3 is 18.2 Å². The summed E-state index contributed by atoms with van der Waals surface area (Å²) in [6.07, 6.45) is 1.79. The molecule has 2 N–H and O–H groups in total. The van der Waals surface area contributed by atoms with Crippen LogP contribution in [0.5, 0.6) is 0 Å². The van der Waals surface area contributed by atoms with Crippen LogP contribution in [0.15, 0.2) is 48.9 Å². The lowest BCUT2D eigenvalue weighted by atomic mass is 9.84. The van der Waals surface area contributed by atoms with Crippen LogP contribution in [-0.4, -0.2) is 157 Å². The molecule has 2 fully saturated rings. The van der Waals surface area contributed by atoms with E-state index in [9.17, 15) is 37.1 Å². The molecule has 4 aromatic rings. The molecule has 0 spiro atoms. The van der Waals surface area contributed by atoms with Gasteiger partial charge in [-0.15, -0.1) is 16.7 Å². The second-order valence-electron chi connectivity index (χ2n) is 21.6. The van der Waals surface area contributed by atoms with Crippen LogP contribution in [-0.2, 0) is 47.5 Å².